The van der Waals surface area contributed by atoms with Crippen LogP contribution in [0.25, 0.3) is 0 Å². The Labute approximate surface area is 92.1 Å². The van der Waals surface area contributed by atoms with Gasteiger partial charge in [-0.2, -0.15) is 5.26 Å². The van der Waals surface area contributed by atoms with Crippen molar-refractivity contribution in [1.29, 1.82) is 5.26 Å². The third-order valence-electron chi connectivity index (χ3n) is 2.24. The molecule has 4 nitrogen and oxygen atoms in total. The maximum Gasteiger partial charge on any atom is 0.321 e. The number of halogens is 1. The molecule has 1 aromatic carbocycles. The smallest absolute Gasteiger partial charge is 0.321 e. The molecule has 1 heterocycles. The fourth-order valence-corrected chi connectivity index (χ4v) is 1.70. The van der Waals surface area contributed by atoms with E-state index in [9.17, 15) is 4.79 Å². The number of nitrogens with one attached hydrogen (secondary N) is 1. The van der Waals surface area contributed by atoms with Crippen LogP contribution in [0.5, 0.6) is 0 Å². The number of hydrogen-bond donors (Lipinski definition) is 1. The molecule has 0 unspecified atom stereocenters. The van der Waals surface area contributed by atoms with E-state index in [1.807, 2.05) is 6.07 Å². The second kappa shape index (κ2) is 3.79. The Hall–Kier alpha value is -1.73. The minimum atomic E-state index is -0.129. The van der Waals surface area contributed by atoms with Gasteiger partial charge in [-0.15, -0.1) is 0 Å². The molecule has 76 valence electrons. The number of anilines is 1. The van der Waals surface area contributed by atoms with Crippen LogP contribution >= 0.6 is 11.6 Å². The molecule has 1 aromatic rings. The second-order valence-corrected chi connectivity index (χ2v) is 3.57. The molecule has 1 aliphatic rings. The summed E-state index contributed by atoms with van der Waals surface area (Å²) >= 11 is 5.87. The quantitative estimate of drug-likeness (QED) is 0.786. The molecule has 0 bridgehead atoms. The normalized spacial score (nSPS) is 14.9. The molecule has 1 fully saturated rings. The van der Waals surface area contributed by atoms with E-state index in [0.29, 0.717) is 29.4 Å². The molecule has 0 saturated carbocycles. The van der Waals surface area contributed by atoms with Crippen molar-refractivity contribution in [2.45, 2.75) is 0 Å². The number of carbonyl (C=O) groups is 1. The Morgan fingerprint density at radius 2 is 2.33 bits per heavy atom. The maximum absolute atomic E-state index is 11.3. The van der Waals surface area contributed by atoms with Gasteiger partial charge in [0.2, 0.25) is 0 Å². The van der Waals surface area contributed by atoms with Gasteiger partial charge in [0.1, 0.15) is 6.07 Å². The third-order valence-corrected chi connectivity index (χ3v) is 2.55. The molecule has 2 rings (SSSR count). The van der Waals surface area contributed by atoms with Crippen molar-refractivity contribution in [3.8, 4) is 6.07 Å². The molecule has 0 atom stereocenters. The molecule has 1 aliphatic heterocycles. The van der Waals surface area contributed by atoms with Crippen LogP contribution in [0.15, 0.2) is 18.2 Å². The Morgan fingerprint density at radius 3 is 2.87 bits per heavy atom. The van der Waals surface area contributed by atoms with Gasteiger partial charge in [-0.3, -0.25) is 4.90 Å². The molecule has 0 aromatic heterocycles. The zero-order valence-electron chi connectivity index (χ0n) is 7.83. The fraction of sp³-hybridized carbons (Fsp3) is 0.200. The van der Waals surface area contributed by atoms with Crippen LogP contribution < -0.4 is 10.2 Å². The van der Waals surface area contributed by atoms with Crippen LogP contribution in [0.2, 0.25) is 5.02 Å². The van der Waals surface area contributed by atoms with Crippen LogP contribution in [0, 0.1) is 11.3 Å². The van der Waals surface area contributed by atoms with Crippen molar-refractivity contribution in [2.75, 3.05) is 18.0 Å². The zero-order chi connectivity index (χ0) is 10.8. The van der Waals surface area contributed by atoms with E-state index in [0.717, 1.165) is 0 Å². The number of amides is 2. The Morgan fingerprint density at radius 1 is 1.53 bits per heavy atom. The van der Waals surface area contributed by atoms with Gasteiger partial charge in [-0.05, 0) is 18.2 Å². The average Bonchev–Trinajstić information content (AvgIpc) is 2.64. The van der Waals surface area contributed by atoms with Gasteiger partial charge in [0.25, 0.3) is 0 Å². The molecule has 5 heteroatoms. The molecule has 0 radical (unpaired) electrons. The van der Waals surface area contributed by atoms with Gasteiger partial charge in [-0.1, -0.05) is 11.6 Å². The number of carbonyl (C=O) groups excluding carboxylic acids is 1. The minimum absolute atomic E-state index is 0.129. The van der Waals surface area contributed by atoms with Crippen molar-refractivity contribution in [2.24, 2.45) is 0 Å². The number of benzene rings is 1. The van der Waals surface area contributed by atoms with Crippen LogP contribution in [0.1, 0.15) is 5.56 Å². The molecule has 15 heavy (non-hydrogen) atoms. The van der Waals surface area contributed by atoms with Gasteiger partial charge >= 0.3 is 6.03 Å². The highest BCUT2D eigenvalue weighted by atomic mass is 35.5. The van der Waals surface area contributed by atoms with E-state index in [4.69, 9.17) is 16.9 Å². The number of rotatable bonds is 1. The van der Waals surface area contributed by atoms with Gasteiger partial charge < -0.3 is 5.32 Å². The predicted octanol–water partition coefficient (Wildman–Crippen LogP) is 1.74. The largest absolute Gasteiger partial charge is 0.336 e. The van der Waals surface area contributed by atoms with Crippen LogP contribution in [-0.2, 0) is 0 Å². The van der Waals surface area contributed by atoms with Gasteiger partial charge in [0.15, 0.2) is 0 Å². The van der Waals surface area contributed by atoms with E-state index >= 15 is 0 Å². The average molecular weight is 222 g/mol. The molecule has 0 aliphatic carbocycles. The number of hydrogen-bond acceptors (Lipinski definition) is 2. The Balaban J connectivity index is 2.34. The lowest BCUT2D eigenvalue weighted by atomic mass is 10.2. The summed E-state index contributed by atoms with van der Waals surface area (Å²) in [6, 6.07) is 6.81. The monoisotopic (exact) mass is 221 g/mol. The first-order valence-electron chi connectivity index (χ1n) is 4.47. The summed E-state index contributed by atoms with van der Waals surface area (Å²) in [7, 11) is 0. The highest BCUT2D eigenvalue weighted by Gasteiger charge is 2.21. The summed E-state index contributed by atoms with van der Waals surface area (Å²) in [6.45, 7) is 1.26. The van der Waals surface area contributed by atoms with Gasteiger partial charge in [-0.25, -0.2) is 4.79 Å². The van der Waals surface area contributed by atoms with E-state index in [1.54, 1.807) is 23.1 Å². The summed E-state index contributed by atoms with van der Waals surface area (Å²) in [5, 5.41) is 11.8. The lowest BCUT2D eigenvalue weighted by Crippen LogP contribution is -2.27. The van der Waals surface area contributed by atoms with Crippen LogP contribution in [0.4, 0.5) is 10.5 Å². The number of nitriles is 1. The number of nitrogens with zero attached hydrogens (tertiary/aromatic N) is 2. The molecule has 2 amide bonds. The highest BCUT2D eigenvalue weighted by molar-refractivity contribution is 6.32. The minimum Gasteiger partial charge on any atom is -0.336 e. The van der Waals surface area contributed by atoms with Crippen molar-refractivity contribution in [3.63, 3.8) is 0 Å². The first-order valence-corrected chi connectivity index (χ1v) is 4.85. The lowest BCUT2D eigenvalue weighted by Gasteiger charge is -2.14. The molecule has 1 N–H and O–H groups in total. The molecular formula is C10H8ClN3O. The standard InChI is InChI=1S/C10H8ClN3O/c11-9-5-8(2-1-7(9)6-12)14-4-3-13-10(14)15/h1-2,5H,3-4H2,(H,13,15). The van der Waals surface area contributed by atoms with E-state index in [1.165, 1.54) is 0 Å². The summed E-state index contributed by atoms with van der Waals surface area (Å²) < 4.78 is 0. The van der Waals surface area contributed by atoms with Gasteiger partial charge in [0.05, 0.1) is 10.6 Å². The number of urea groups is 1. The topological polar surface area (TPSA) is 56.1 Å². The summed E-state index contributed by atoms with van der Waals surface area (Å²) in [5.74, 6) is 0. The van der Waals surface area contributed by atoms with Crippen LogP contribution in [-0.4, -0.2) is 19.1 Å². The molecule has 0 spiro atoms. The lowest BCUT2D eigenvalue weighted by molar-refractivity contribution is 0.252. The maximum atomic E-state index is 11.3. The van der Waals surface area contributed by atoms with Crippen molar-refractivity contribution >= 4 is 23.3 Å². The van der Waals surface area contributed by atoms with Crippen molar-refractivity contribution < 1.29 is 4.79 Å². The fourth-order valence-electron chi connectivity index (χ4n) is 1.48. The highest BCUT2D eigenvalue weighted by Crippen LogP contribution is 2.24. The second-order valence-electron chi connectivity index (χ2n) is 3.16. The van der Waals surface area contributed by atoms with E-state index in [2.05, 4.69) is 5.32 Å². The summed E-state index contributed by atoms with van der Waals surface area (Å²) in [6.07, 6.45) is 0. The first-order chi connectivity index (χ1) is 7.22. The summed E-state index contributed by atoms with van der Waals surface area (Å²) in [5.41, 5.74) is 1.13. The Kier molecular flexibility index (Phi) is 2.48. The van der Waals surface area contributed by atoms with Gasteiger partial charge in [0, 0.05) is 18.8 Å². The molecular weight excluding hydrogens is 214 g/mol. The SMILES string of the molecule is N#Cc1ccc(N2CCNC2=O)cc1Cl. The summed E-state index contributed by atoms with van der Waals surface area (Å²) in [4.78, 5) is 12.9. The zero-order valence-corrected chi connectivity index (χ0v) is 8.58. The van der Waals surface area contributed by atoms with E-state index < -0.39 is 0 Å². The Bertz CT molecular complexity index is 452. The molecule has 1 saturated heterocycles. The van der Waals surface area contributed by atoms with Crippen molar-refractivity contribution in [1.82, 2.24) is 5.32 Å². The van der Waals surface area contributed by atoms with Crippen molar-refractivity contribution in [3.05, 3.63) is 28.8 Å². The van der Waals surface area contributed by atoms with Crippen LogP contribution in [0.3, 0.4) is 0 Å². The van der Waals surface area contributed by atoms with E-state index in [-0.39, 0.29) is 6.03 Å². The third kappa shape index (κ3) is 1.74. The predicted molar refractivity (Wildman–Crippen MR) is 56.9 cm³/mol. The first kappa shape index (κ1) is 9.81.